The Morgan fingerprint density at radius 3 is 2.79 bits per heavy atom. The highest BCUT2D eigenvalue weighted by Gasteiger charge is 2.26. The number of hydrogen-bond acceptors (Lipinski definition) is 5. The first kappa shape index (κ1) is 15.7. The molecule has 6 nitrogen and oxygen atoms in total. The first-order valence-corrected chi connectivity index (χ1v) is 6.48. The third-order valence-electron chi connectivity index (χ3n) is 3.33. The van der Waals surface area contributed by atoms with Gasteiger partial charge >= 0.3 is 0 Å². The molecule has 1 heterocycles. The van der Waals surface area contributed by atoms with E-state index in [2.05, 4.69) is 43.5 Å². The molecule has 0 bridgehead atoms. The van der Waals surface area contributed by atoms with Gasteiger partial charge in [-0.2, -0.15) is 0 Å². The van der Waals surface area contributed by atoms with Crippen molar-refractivity contribution < 1.29 is 14.4 Å². The molecule has 0 saturated carbocycles. The van der Waals surface area contributed by atoms with E-state index in [0.29, 0.717) is 6.54 Å². The highest BCUT2D eigenvalue weighted by molar-refractivity contribution is 5.92. The summed E-state index contributed by atoms with van der Waals surface area (Å²) in [5, 5.41) is 18.6. The van der Waals surface area contributed by atoms with E-state index >= 15 is 0 Å². The molecule has 1 amide bonds. The summed E-state index contributed by atoms with van der Waals surface area (Å²) in [6.07, 6.45) is 0. The number of carbonyl (C=O) groups is 1. The average molecular weight is 269 g/mol. The molecule has 0 spiro atoms. The van der Waals surface area contributed by atoms with Crippen molar-refractivity contribution in [1.82, 2.24) is 15.8 Å². The fourth-order valence-electron chi connectivity index (χ4n) is 1.63. The van der Waals surface area contributed by atoms with Gasteiger partial charge in [-0.05, 0) is 18.9 Å². The van der Waals surface area contributed by atoms with Crippen LogP contribution in [0.3, 0.4) is 0 Å². The summed E-state index contributed by atoms with van der Waals surface area (Å²) in [6.45, 7) is 9.48. The lowest BCUT2D eigenvalue weighted by atomic mass is 9.85. The average Bonchev–Trinajstić information content (AvgIpc) is 2.85. The lowest BCUT2D eigenvalue weighted by molar-refractivity contribution is 0.0919. The van der Waals surface area contributed by atoms with Gasteiger partial charge in [-0.25, -0.2) is 0 Å². The van der Waals surface area contributed by atoms with E-state index < -0.39 is 0 Å². The molecule has 3 N–H and O–H groups in total. The third kappa shape index (κ3) is 4.33. The zero-order chi connectivity index (χ0) is 14.5. The van der Waals surface area contributed by atoms with Crippen molar-refractivity contribution in [1.29, 1.82) is 0 Å². The number of rotatable bonds is 7. The Morgan fingerprint density at radius 1 is 1.58 bits per heavy atom. The maximum absolute atomic E-state index is 11.9. The van der Waals surface area contributed by atoms with Crippen molar-refractivity contribution in [2.45, 2.75) is 40.3 Å². The fraction of sp³-hybridized carbons (Fsp3) is 0.692. The van der Waals surface area contributed by atoms with Crippen LogP contribution in [0.1, 0.15) is 43.9 Å². The first-order valence-electron chi connectivity index (χ1n) is 6.48. The van der Waals surface area contributed by atoms with Crippen molar-refractivity contribution in [2.75, 3.05) is 13.1 Å². The molecule has 19 heavy (non-hydrogen) atoms. The molecule has 1 aromatic rings. The van der Waals surface area contributed by atoms with Crippen LogP contribution in [0, 0.1) is 5.41 Å². The zero-order valence-electron chi connectivity index (χ0n) is 12.0. The Morgan fingerprint density at radius 2 is 2.26 bits per heavy atom. The van der Waals surface area contributed by atoms with Gasteiger partial charge in [0.2, 0.25) is 0 Å². The predicted molar refractivity (Wildman–Crippen MR) is 71.7 cm³/mol. The van der Waals surface area contributed by atoms with Crippen LogP contribution in [0.5, 0.6) is 0 Å². The number of aromatic nitrogens is 1. The molecule has 1 unspecified atom stereocenters. The Labute approximate surface area is 113 Å². The quantitative estimate of drug-likeness (QED) is 0.685. The van der Waals surface area contributed by atoms with E-state index in [1.54, 1.807) is 0 Å². The predicted octanol–water partition coefficient (Wildman–Crippen LogP) is 0.921. The summed E-state index contributed by atoms with van der Waals surface area (Å²) in [5.74, 6) is -0.00866. The topological polar surface area (TPSA) is 87.4 Å². The molecule has 1 atom stereocenters. The van der Waals surface area contributed by atoms with Crippen molar-refractivity contribution >= 4 is 5.91 Å². The van der Waals surface area contributed by atoms with Gasteiger partial charge in [0.15, 0.2) is 11.5 Å². The van der Waals surface area contributed by atoms with Gasteiger partial charge in [0.1, 0.15) is 6.61 Å². The van der Waals surface area contributed by atoms with Gasteiger partial charge in [0.25, 0.3) is 5.91 Å². The molecule has 0 aromatic carbocycles. The minimum Gasteiger partial charge on any atom is -0.388 e. The van der Waals surface area contributed by atoms with Crippen LogP contribution in [0.4, 0.5) is 0 Å². The van der Waals surface area contributed by atoms with E-state index in [9.17, 15) is 4.79 Å². The Kier molecular flexibility index (Phi) is 5.50. The molecule has 108 valence electrons. The number of aliphatic hydroxyl groups excluding tert-OH is 1. The maximum Gasteiger partial charge on any atom is 0.273 e. The van der Waals surface area contributed by atoms with Crippen LogP contribution >= 0.6 is 0 Å². The molecule has 1 aromatic heterocycles. The molecular formula is C13H23N3O3. The molecule has 6 heteroatoms. The van der Waals surface area contributed by atoms with E-state index in [-0.39, 0.29) is 35.4 Å². The number of amides is 1. The third-order valence-corrected chi connectivity index (χ3v) is 3.33. The number of nitrogens with one attached hydrogen (secondary N) is 2. The van der Waals surface area contributed by atoms with Crippen molar-refractivity contribution in [2.24, 2.45) is 5.41 Å². The summed E-state index contributed by atoms with van der Waals surface area (Å²) in [6, 6.07) is 1.72. The van der Waals surface area contributed by atoms with E-state index in [4.69, 9.17) is 9.63 Å². The normalized spacial score (nSPS) is 13.3. The number of nitrogens with zero attached hydrogens (tertiary/aromatic N) is 1. The summed E-state index contributed by atoms with van der Waals surface area (Å²) < 4.78 is 4.78. The lowest BCUT2D eigenvalue weighted by Crippen LogP contribution is -2.46. The molecule has 0 aliphatic heterocycles. The standard InChI is InChI=1S/C13H23N3O3/c1-5-14-9(2)13(3,4)8-15-12(18)11-6-10(7-17)19-16-11/h6,9,14,17H,5,7-8H2,1-4H3,(H,15,18). The minimum absolute atomic E-state index is 0.0742. The second-order valence-corrected chi connectivity index (χ2v) is 5.29. The molecule has 0 aliphatic carbocycles. The fourth-order valence-corrected chi connectivity index (χ4v) is 1.63. The van der Waals surface area contributed by atoms with Gasteiger partial charge in [0.05, 0.1) is 0 Å². The van der Waals surface area contributed by atoms with Gasteiger partial charge in [-0.1, -0.05) is 25.9 Å². The Hall–Kier alpha value is -1.40. The Bertz CT molecular complexity index is 415. The monoisotopic (exact) mass is 269 g/mol. The second-order valence-electron chi connectivity index (χ2n) is 5.29. The summed E-state index contributed by atoms with van der Waals surface area (Å²) >= 11 is 0. The van der Waals surface area contributed by atoms with Gasteiger partial charge < -0.3 is 20.3 Å². The number of aliphatic hydroxyl groups is 1. The smallest absolute Gasteiger partial charge is 0.273 e. The maximum atomic E-state index is 11.9. The lowest BCUT2D eigenvalue weighted by Gasteiger charge is -2.32. The van der Waals surface area contributed by atoms with Crippen LogP contribution < -0.4 is 10.6 Å². The van der Waals surface area contributed by atoms with Crippen molar-refractivity contribution in [3.63, 3.8) is 0 Å². The Balaban J connectivity index is 2.53. The molecule has 0 fully saturated rings. The van der Waals surface area contributed by atoms with Crippen LogP contribution in [0.15, 0.2) is 10.6 Å². The summed E-state index contributed by atoms with van der Waals surface area (Å²) in [4.78, 5) is 11.9. The highest BCUT2D eigenvalue weighted by Crippen LogP contribution is 2.19. The summed E-state index contributed by atoms with van der Waals surface area (Å²) in [7, 11) is 0. The largest absolute Gasteiger partial charge is 0.388 e. The zero-order valence-corrected chi connectivity index (χ0v) is 12.0. The molecule has 0 aliphatic rings. The van der Waals surface area contributed by atoms with Gasteiger partial charge in [-0.15, -0.1) is 0 Å². The van der Waals surface area contributed by atoms with Crippen LogP contribution in [0.2, 0.25) is 0 Å². The van der Waals surface area contributed by atoms with E-state index in [1.165, 1.54) is 6.07 Å². The van der Waals surface area contributed by atoms with Crippen LogP contribution in [0.25, 0.3) is 0 Å². The van der Waals surface area contributed by atoms with E-state index in [1.807, 2.05) is 0 Å². The molecule has 0 radical (unpaired) electrons. The minimum atomic E-state index is -0.291. The SMILES string of the molecule is CCNC(C)C(C)(C)CNC(=O)c1cc(CO)on1. The number of hydrogen-bond donors (Lipinski definition) is 3. The number of carbonyl (C=O) groups excluding carboxylic acids is 1. The van der Waals surface area contributed by atoms with Crippen LogP contribution in [-0.2, 0) is 6.61 Å². The molecular weight excluding hydrogens is 246 g/mol. The van der Waals surface area contributed by atoms with E-state index in [0.717, 1.165) is 6.54 Å². The first-order chi connectivity index (χ1) is 8.90. The molecule has 0 saturated heterocycles. The highest BCUT2D eigenvalue weighted by atomic mass is 16.5. The summed E-state index contributed by atoms with van der Waals surface area (Å²) in [5.41, 5.74) is 0.117. The van der Waals surface area contributed by atoms with Crippen LogP contribution in [-0.4, -0.2) is 35.3 Å². The molecule has 1 rings (SSSR count). The second kappa shape index (κ2) is 6.68. The van der Waals surface area contributed by atoms with Crippen molar-refractivity contribution in [3.8, 4) is 0 Å². The van der Waals surface area contributed by atoms with Gasteiger partial charge in [0, 0.05) is 18.7 Å². The van der Waals surface area contributed by atoms with Crippen molar-refractivity contribution in [3.05, 3.63) is 17.5 Å². The van der Waals surface area contributed by atoms with Gasteiger partial charge in [-0.3, -0.25) is 4.79 Å².